The summed E-state index contributed by atoms with van der Waals surface area (Å²) >= 11 is 11.4. The van der Waals surface area contributed by atoms with Crippen molar-refractivity contribution in [3.8, 4) is 0 Å². The van der Waals surface area contributed by atoms with E-state index in [-0.39, 0.29) is 24.7 Å². The Morgan fingerprint density at radius 3 is 1.76 bits per heavy atom. The zero-order chi connectivity index (χ0) is 13.5. The van der Waals surface area contributed by atoms with Crippen molar-refractivity contribution in [1.82, 2.24) is 0 Å². The largest absolute Gasteiger partial charge is 0.465 e. The molecule has 0 fully saturated rings. The molecular formula is C11H16Cl2O4. The second-order valence-corrected chi connectivity index (χ2v) is 3.78. The normalized spacial score (nSPS) is 12.2. The van der Waals surface area contributed by atoms with Crippen LogP contribution in [0.3, 0.4) is 0 Å². The molecule has 0 amide bonds. The van der Waals surface area contributed by atoms with E-state index in [1.54, 1.807) is 20.8 Å². The molecule has 6 heteroatoms. The Hall–Kier alpha value is -0.740. The molecule has 0 heterocycles. The molecule has 0 unspecified atom stereocenters. The van der Waals surface area contributed by atoms with Crippen LogP contribution < -0.4 is 0 Å². The summed E-state index contributed by atoms with van der Waals surface area (Å²) < 4.78 is 9.73. The van der Waals surface area contributed by atoms with Gasteiger partial charge >= 0.3 is 11.9 Å². The van der Waals surface area contributed by atoms with Gasteiger partial charge < -0.3 is 9.47 Å². The Balaban J connectivity index is 5.45. The Labute approximate surface area is 111 Å². The average molecular weight is 283 g/mol. The van der Waals surface area contributed by atoms with E-state index in [0.717, 1.165) is 5.54 Å². The van der Waals surface area contributed by atoms with Crippen LogP contribution in [0.2, 0.25) is 0 Å². The van der Waals surface area contributed by atoms with Gasteiger partial charge in [0.05, 0.1) is 18.2 Å². The number of halogens is 2. The number of esters is 2. The van der Waals surface area contributed by atoms with Crippen molar-refractivity contribution in [3.05, 3.63) is 10.6 Å². The third-order valence-electron chi connectivity index (χ3n) is 2.28. The lowest BCUT2D eigenvalue weighted by atomic mass is 9.85. The molecule has 4 nitrogen and oxygen atoms in total. The minimum atomic E-state index is -1.66. The number of hydrogen-bond acceptors (Lipinski definition) is 4. The Morgan fingerprint density at radius 2 is 1.53 bits per heavy atom. The standard InChI is InChI=1S/C11H16Cl2O4/c1-4-11(8(13)7-12,9(14)16-5-2)10(15)17-6-3/h7H,4-6H2,1-3H3/b8-7-. The molecule has 0 saturated carbocycles. The van der Waals surface area contributed by atoms with Crippen molar-refractivity contribution in [2.24, 2.45) is 5.41 Å². The number of hydrogen-bond donors (Lipinski definition) is 0. The Kier molecular flexibility index (Phi) is 7.23. The summed E-state index contributed by atoms with van der Waals surface area (Å²) in [6, 6.07) is 0. The zero-order valence-electron chi connectivity index (χ0n) is 10.1. The van der Waals surface area contributed by atoms with Gasteiger partial charge in [0.1, 0.15) is 0 Å². The van der Waals surface area contributed by atoms with Gasteiger partial charge in [0.2, 0.25) is 5.41 Å². The lowest BCUT2D eigenvalue weighted by molar-refractivity contribution is -0.168. The van der Waals surface area contributed by atoms with E-state index >= 15 is 0 Å². The maximum Gasteiger partial charge on any atom is 0.329 e. The van der Waals surface area contributed by atoms with Crippen LogP contribution in [0.5, 0.6) is 0 Å². The van der Waals surface area contributed by atoms with Gasteiger partial charge in [0.25, 0.3) is 0 Å². The van der Waals surface area contributed by atoms with Gasteiger partial charge in [-0.2, -0.15) is 0 Å². The van der Waals surface area contributed by atoms with Crippen LogP contribution in [0.15, 0.2) is 10.6 Å². The van der Waals surface area contributed by atoms with Crippen LogP contribution in [0.4, 0.5) is 0 Å². The van der Waals surface area contributed by atoms with Gasteiger partial charge in [-0.25, -0.2) is 0 Å². The lowest BCUT2D eigenvalue weighted by Crippen LogP contribution is -2.42. The van der Waals surface area contributed by atoms with E-state index in [9.17, 15) is 9.59 Å². The molecule has 0 aromatic rings. The van der Waals surface area contributed by atoms with E-state index in [1.165, 1.54) is 0 Å². The molecule has 0 spiro atoms. The van der Waals surface area contributed by atoms with E-state index in [1.807, 2.05) is 0 Å². The summed E-state index contributed by atoms with van der Waals surface area (Å²) in [4.78, 5) is 23.8. The first-order valence-electron chi connectivity index (χ1n) is 5.31. The monoisotopic (exact) mass is 282 g/mol. The van der Waals surface area contributed by atoms with Crippen LogP contribution in [0.1, 0.15) is 27.2 Å². The number of ether oxygens (including phenoxy) is 2. The van der Waals surface area contributed by atoms with E-state index in [2.05, 4.69) is 0 Å². The van der Waals surface area contributed by atoms with Crippen LogP contribution in [-0.4, -0.2) is 25.2 Å². The van der Waals surface area contributed by atoms with Gasteiger partial charge in [-0.3, -0.25) is 9.59 Å². The summed E-state index contributed by atoms with van der Waals surface area (Å²) in [6.45, 7) is 5.21. The molecular weight excluding hydrogens is 267 g/mol. The molecule has 0 N–H and O–H groups in total. The maximum atomic E-state index is 11.9. The van der Waals surface area contributed by atoms with Crippen molar-refractivity contribution in [3.63, 3.8) is 0 Å². The highest BCUT2D eigenvalue weighted by Gasteiger charge is 2.50. The third kappa shape index (κ3) is 3.36. The molecule has 0 aromatic heterocycles. The van der Waals surface area contributed by atoms with E-state index in [4.69, 9.17) is 32.7 Å². The highest BCUT2D eigenvalue weighted by Crippen LogP contribution is 2.37. The van der Waals surface area contributed by atoms with Gasteiger partial charge in [-0.15, -0.1) is 0 Å². The maximum absolute atomic E-state index is 11.9. The van der Waals surface area contributed by atoms with Crippen LogP contribution >= 0.6 is 23.2 Å². The molecule has 0 aliphatic heterocycles. The molecule has 0 aliphatic carbocycles. The summed E-state index contributed by atoms with van der Waals surface area (Å²) in [5.74, 6) is -1.49. The molecule has 17 heavy (non-hydrogen) atoms. The third-order valence-corrected chi connectivity index (χ3v) is 3.04. The Bertz CT molecular complexity index is 295. The first-order valence-corrected chi connectivity index (χ1v) is 6.13. The quantitative estimate of drug-likeness (QED) is 0.555. The smallest absolute Gasteiger partial charge is 0.329 e. The number of rotatable bonds is 6. The zero-order valence-corrected chi connectivity index (χ0v) is 11.6. The summed E-state index contributed by atoms with van der Waals surface area (Å²) in [5.41, 5.74) is -0.672. The van der Waals surface area contributed by atoms with Crippen LogP contribution in [0.25, 0.3) is 0 Å². The molecule has 0 atom stereocenters. The average Bonchev–Trinajstić information content (AvgIpc) is 2.31. The molecule has 0 radical (unpaired) electrons. The van der Waals surface area contributed by atoms with Crippen molar-refractivity contribution in [2.45, 2.75) is 27.2 Å². The van der Waals surface area contributed by atoms with Gasteiger partial charge in [-0.05, 0) is 20.3 Å². The van der Waals surface area contributed by atoms with Crippen LogP contribution in [-0.2, 0) is 19.1 Å². The second kappa shape index (κ2) is 7.56. The van der Waals surface area contributed by atoms with Crippen molar-refractivity contribution >= 4 is 35.1 Å². The van der Waals surface area contributed by atoms with E-state index in [0.29, 0.717) is 0 Å². The van der Waals surface area contributed by atoms with E-state index < -0.39 is 17.4 Å². The fourth-order valence-electron chi connectivity index (χ4n) is 1.34. The number of carbonyl (C=O) groups excluding carboxylic acids is 2. The SMILES string of the molecule is CCOC(=O)C(CC)(C(=O)OCC)/C(Cl)=C/Cl. The first kappa shape index (κ1) is 16.3. The summed E-state index contributed by atoms with van der Waals surface area (Å²) in [6.07, 6.45) is 0.118. The molecule has 0 rings (SSSR count). The molecule has 0 saturated heterocycles. The van der Waals surface area contributed by atoms with Crippen molar-refractivity contribution in [1.29, 1.82) is 0 Å². The molecule has 0 aliphatic rings. The fourth-order valence-corrected chi connectivity index (χ4v) is 1.81. The molecule has 0 bridgehead atoms. The van der Waals surface area contributed by atoms with Gasteiger partial charge in [0, 0.05) is 5.54 Å². The molecule has 98 valence electrons. The minimum absolute atomic E-state index is 0.0985. The lowest BCUT2D eigenvalue weighted by Gasteiger charge is -2.26. The topological polar surface area (TPSA) is 52.6 Å². The Morgan fingerprint density at radius 1 is 1.12 bits per heavy atom. The van der Waals surface area contributed by atoms with Crippen LogP contribution in [0, 0.1) is 5.41 Å². The predicted octanol–water partition coefficient (Wildman–Crippen LogP) is 2.83. The minimum Gasteiger partial charge on any atom is -0.465 e. The van der Waals surface area contributed by atoms with Gasteiger partial charge in [-0.1, -0.05) is 30.1 Å². The van der Waals surface area contributed by atoms with Crippen molar-refractivity contribution in [2.75, 3.05) is 13.2 Å². The fraction of sp³-hybridized carbons (Fsp3) is 0.636. The van der Waals surface area contributed by atoms with Gasteiger partial charge in [0.15, 0.2) is 0 Å². The molecule has 0 aromatic carbocycles. The highest BCUT2D eigenvalue weighted by atomic mass is 35.5. The summed E-state index contributed by atoms with van der Waals surface area (Å²) in [5, 5.41) is -0.0985. The second-order valence-electron chi connectivity index (χ2n) is 3.16. The van der Waals surface area contributed by atoms with Crippen molar-refractivity contribution < 1.29 is 19.1 Å². The summed E-state index contributed by atoms with van der Waals surface area (Å²) in [7, 11) is 0. The predicted molar refractivity (Wildman–Crippen MR) is 65.8 cm³/mol. The highest BCUT2D eigenvalue weighted by molar-refractivity contribution is 6.40. The number of carbonyl (C=O) groups is 2. The first-order chi connectivity index (χ1) is 8.00.